The number of para-hydroxylation sites is 2. The number of hydrogen-bond acceptors (Lipinski definition) is 5. The minimum atomic E-state index is -1.07. The van der Waals surface area contributed by atoms with Crippen LogP contribution in [0.2, 0.25) is 0 Å². The summed E-state index contributed by atoms with van der Waals surface area (Å²) in [7, 11) is 0. The number of esters is 1. The summed E-state index contributed by atoms with van der Waals surface area (Å²) in [6.07, 6.45) is 1.74. The van der Waals surface area contributed by atoms with Gasteiger partial charge in [0.25, 0.3) is 5.91 Å². The maximum Gasteiger partial charge on any atom is 0.306 e. The van der Waals surface area contributed by atoms with Crippen molar-refractivity contribution in [3.63, 3.8) is 0 Å². The third-order valence-electron chi connectivity index (χ3n) is 4.50. The number of thiophene rings is 1. The summed E-state index contributed by atoms with van der Waals surface area (Å²) in [6.45, 7) is 2.95. The Morgan fingerprint density at radius 3 is 2.70 bits per heavy atom. The zero-order valence-corrected chi connectivity index (χ0v) is 16.2. The molecule has 0 bridgehead atoms. The van der Waals surface area contributed by atoms with Crippen molar-refractivity contribution < 1.29 is 19.1 Å². The third-order valence-corrected chi connectivity index (χ3v) is 5.43. The largest absolute Gasteiger partial charge is 0.456 e. The Kier molecular flexibility index (Phi) is 5.60. The van der Waals surface area contributed by atoms with E-state index in [1.54, 1.807) is 49.4 Å². The van der Waals surface area contributed by atoms with Crippen LogP contribution < -0.4 is 10.2 Å². The molecule has 6 nitrogen and oxygen atoms in total. The molecule has 142 valence electrons. The topological polar surface area (TPSA) is 75.7 Å². The highest BCUT2D eigenvalue weighted by Gasteiger charge is 2.43. The van der Waals surface area contributed by atoms with Gasteiger partial charge in [-0.1, -0.05) is 18.2 Å². The second-order valence-corrected chi connectivity index (χ2v) is 7.89. The van der Waals surface area contributed by atoms with Gasteiger partial charge in [-0.3, -0.25) is 19.3 Å². The lowest BCUT2D eigenvalue weighted by atomic mass is 9.96. The standard InChI is InChI=1S/C20H22N2O4S/c1-20(2)19(25)21-15-9-3-4-10-16(15)22(20)17(23)13-26-18(24)11-5-7-14-8-6-12-27-14/h3-4,6,8-10,12H,5,7,11,13H2,1-2H3,(H,21,25). The van der Waals surface area contributed by atoms with E-state index in [9.17, 15) is 14.4 Å². The van der Waals surface area contributed by atoms with Crippen molar-refractivity contribution in [2.24, 2.45) is 0 Å². The number of aryl methyl sites for hydroxylation is 1. The van der Waals surface area contributed by atoms with Gasteiger partial charge in [-0.15, -0.1) is 11.3 Å². The highest BCUT2D eigenvalue weighted by molar-refractivity contribution is 7.09. The molecule has 7 heteroatoms. The van der Waals surface area contributed by atoms with E-state index in [-0.39, 0.29) is 18.9 Å². The molecule has 0 spiro atoms. The maximum absolute atomic E-state index is 12.8. The maximum atomic E-state index is 12.8. The predicted octanol–water partition coefficient (Wildman–Crippen LogP) is 3.38. The Morgan fingerprint density at radius 1 is 1.19 bits per heavy atom. The number of anilines is 2. The van der Waals surface area contributed by atoms with Gasteiger partial charge in [0, 0.05) is 11.3 Å². The Morgan fingerprint density at radius 2 is 1.96 bits per heavy atom. The van der Waals surface area contributed by atoms with Crippen LogP contribution in [-0.4, -0.2) is 29.9 Å². The predicted molar refractivity (Wildman–Crippen MR) is 105 cm³/mol. The fourth-order valence-electron chi connectivity index (χ4n) is 3.04. The number of carbonyl (C=O) groups is 3. The van der Waals surface area contributed by atoms with E-state index in [4.69, 9.17) is 4.74 Å². The zero-order valence-electron chi connectivity index (χ0n) is 15.4. The Hall–Kier alpha value is -2.67. The van der Waals surface area contributed by atoms with Crippen molar-refractivity contribution >= 4 is 40.5 Å². The normalized spacial score (nSPS) is 15.0. The molecule has 0 saturated heterocycles. The van der Waals surface area contributed by atoms with Crippen molar-refractivity contribution in [3.8, 4) is 0 Å². The Bertz CT molecular complexity index is 845. The van der Waals surface area contributed by atoms with Crippen molar-refractivity contribution in [1.29, 1.82) is 0 Å². The van der Waals surface area contributed by atoms with E-state index in [1.807, 2.05) is 17.5 Å². The lowest BCUT2D eigenvalue weighted by molar-refractivity contribution is -0.148. The van der Waals surface area contributed by atoms with Gasteiger partial charge in [0.2, 0.25) is 5.91 Å². The second-order valence-electron chi connectivity index (χ2n) is 6.85. The summed E-state index contributed by atoms with van der Waals surface area (Å²) >= 11 is 1.65. The first-order valence-corrected chi connectivity index (χ1v) is 9.69. The first-order valence-electron chi connectivity index (χ1n) is 8.81. The SMILES string of the molecule is CC1(C)C(=O)Nc2ccccc2N1C(=O)COC(=O)CCCc1cccs1. The minimum Gasteiger partial charge on any atom is -0.456 e. The van der Waals surface area contributed by atoms with Gasteiger partial charge in [0.05, 0.1) is 11.4 Å². The number of carbonyl (C=O) groups excluding carboxylic acids is 3. The van der Waals surface area contributed by atoms with Gasteiger partial charge in [-0.25, -0.2) is 0 Å². The Balaban J connectivity index is 1.59. The van der Waals surface area contributed by atoms with Crippen LogP contribution in [0.4, 0.5) is 11.4 Å². The van der Waals surface area contributed by atoms with Crippen LogP contribution in [0.25, 0.3) is 0 Å². The molecule has 1 aliphatic rings. The number of ether oxygens (including phenoxy) is 1. The molecule has 2 amide bonds. The second kappa shape index (κ2) is 7.92. The van der Waals surface area contributed by atoms with Crippen molar-refractivity contribution in [2.75, 3.05) is 16.8 Å². The van der Waals surface area contributed by atoms with Crippen LogP contribution in [0.15, 0.2) is 41.8 Å². The molecule has 2 aromatic rings. The highest BCUT2D eigenvalue weighted by Crippen LogP contribution is 2.36. The van der Waals surface area contributed by atoms with Crippen molar-refractivity contribution in [2.45, 2.75) is 38.6 Å². The van der Waals surface area contributed by atoms with E-state index in [2.05, 4.69) is 5.32 Å². The van der Waals surface area contributed by atoms with Gasteiger partial charge < -0.3 is 10.1 Å². The monoisotopic (exact) mass is 386 g/mol. The number of rotatable bonds is 6. The highest BCUT2D eigenvalue weighted by atomic mass is 32.1. The van der Waals surface area contributed by atoms with Crippen molar-refractivity contribution in [1.82, 2.24) is 0 Å². The quantitative estimate of drug-likeness (QED) is 0.772. The van der Waals surface area contributed by atoms with E-state index in [0.29, 0.717) is 17.8 Å². The molecule has 1 aromatic heterocycles. The third kappa shape index (κ3) is 4.19. The molecule has 27 heavy (non-hydrogen) atoms. The summed E-state index contributed by atoms with van der Waals surface area (Å²) in [4.78, 5) is 39.7. The van der Waals surface area contributed by atoms with Gasteiger partial charge in [-0.2, -0.15) is 0 Å². The Labute approximate surface area is 162 Å². The smallest absolute Gasteiger partial charge is 0.306 e. The number of hydrogen-bond donors (Lipinski definition) is 1. The molecule has 0 aliphatic carbocycles. The first kappa shape index (κ1) is 19.1. The summed E-state index contributed by atoms with van der Waals surface area (Å²) in [5.74, 6) is -1.11. The number of nitrogens with one attached hydrogen (secondary N) is 1. The molecule has 0 fully saturated rings. The number of benzene rings is 1. The average Bonchev–Trinajstić information content (AvgIpc) is 3.14. The van der Waals surface area contributed by atoms with Crippen LogP contribution in [0.3, 0.4) is 0 Å². The lowest BCUT2D eigenvalue weighted by Crippen LogP contribution is -2.59. The van der Waals surface area contributed by atoms with E-state index < -0.39 is 17.4 Å². The molecular formula is C20H22N2O4S. The molecular weight excluding hydrogens is 364 g/mol. The number of fused-ring (bicyclic) bond motifs is 1. The molecule has 1 N–H and O–H groups in total. The summed E-state index contributed by atoms with van der Waals surface area (Å²) in [5.41, 5.74) is 0.0927. The van der Waals surface area contributed by atoms with Crippen molar-refractivity contribution in [3.05, 3.63) is 46.7 Å². The summed E-state index contributed by atoms with van der Waals surface area (Å²) in [6, 6.07) is 11.1. The van der Waals surface area contributed by atoms with Crippen LogP contribution in [0.1, 0.15) is 31.6 Å². The van der Waals surface area contributed by atoms with E-state index in [1.165, 1.54) is 9.78 Å². The average molecular weight is 386 g/mol. The number of nitrogens with zero attached hydrogens (tertiary/aromatic N) is 1. The van der Waals surface area contributed by atoms with Gasteiger partial charge in [0.1, 0.15) is 5.54 Å². The van der Waals surface area contributed by atoms with Gasteiger partial charge in [-0.05, 0) is 50.3 Å². The van der Waals surface area contributed by atoms with E-state index in [0.717, 1.165) is 6.42 Å². The molecule has 1 aliphatic heterocycles. The fourth-order valence-corrected chi connectivity index (χ4v) is 3.79. The molecule has 2 heterocycles. The van der Waals surface area contributed by atoms with E-state index >= 15 is 0 Å². The molecule has 1 aromatic carbocycles. The molecule has 3 rings (SSSR count). The lowest BCUT2D eigenvalue weighted by Gasteiger charge is -2.41. The molecule has 0 saturated carbocycles. The zero-order chi connectivity index (χ0) is 19.4. The molecule has 0 atom stereocenters. The number of amides is 2. The van der Waals surface area contributed by atoms with Gasteiger partial charge >= 0.3 is 5.97 Å². The minimum absolute atomic E-state index is 0.256. The van der Waals surface area contributed by atoms with Crippen LogP contribution in [0.5, 0.6) is 0 Å². The summed E-state index contributed by atoms with van der Waals surface area (Å²) < 4.78 is 5.16. The molecule has 0 unspecified atom stereocenters. The van der Waals surface area contributed by atoms with Crippen LogP contribution in [-0.2, 0) is 25.5 Å². The fraction of sp³-hybridized carbons (Fsp3) is 0.350. The van der Waals surface area contributed by atoms with Crippen LogP contribution in [0, 0.1) is 0 Å². The van der Waals surface area contributed by atoms with Crippen LogP contribution >= 0.6 is 11.3 Å². The van der Waals surface area contributed by atoms with Gasteiger partial charge in [0.15, 0.2) is 6.61 Å². The molecule has 0 radical (unpaired) electrons. The summed E-state index contributed by atoms with van der Waals surface area (Å²) in [5, 5.41) is 4.80. The first-order chi connectivity index (χ1) is 12.9.